The Morgan fingerprint density at radius 2 is 1.80 bits per heavy atom. The second-order valence-electron chi connectivity index (χ2n) is 7.43. The number of rotatable bonds is 15. The maximum atomic E-state index is 12.5. The van der Waals surface area contributed by atoms with Crippen LogP contribution in [0.25, 0.3) is 0 Å². The molecule has 30 heavy (non-hydrogen) atoms. The summed E-state index contributed by atoms with van der Waals surface area (Å²) in [5.74, 6) is -0.270. The number of carbonyl (C=O) groups excluding carboxylic acids is 1. The van der Waals surface area contributed by atoms with Gasteiger partial charge in [-0.25, -0.2) is 9.59 Å². The molecule has 1 rings (SSSR count). The first-order valence-corrected chi connectivity index (χ1v) is 11.0. The van der Waals surface area contributed by atoms with Crippen LogP contribution in [0.1, 0.15) is 58.9 Å². The van der Waals surface area contributed by atoms with Crippen LogP contribution in [-0.4, -0.2) is 60.5 Å². The zero-order valence-corrected chi connectivity index (χ0v) is 18.9. The van der Waals surface area contributed by atoms with Crippen molar-refractivity contribution in [1.29, 1.82) is 0 Å². The number of carboxylic acid groups (broad SMARTS) is 1. The van der Waals surface area contributed by atoms with E-state index in [1.54, 1.807) is 6.92 Å². The van der Waals surface area contributed by atoms with Gasteiger partial charge < -0.3 is 24.8 Å². The first-order valence-electron chi connectivity index (χ1n) is 11.0. The number of aliphatic carboxylic acids is 1. The number of benzene rings is 1. The monoisotopic (exact) mass is 422 g/mol. The largest absolute Gasteiger partial charge is 0.492 e. The lowest BCUT2D eigenvalue weighted by atomic mass is 10.1. The summed E-state index contributed by atoms with van der Waals surface area (Å²) in [4.78, 5) is 25.5. The number of carboxylic acids is 1. The molecule has 0 aliphatic carbocycles. The van der Waals surface area contributed by atoms with Crippen molar-refractivity contribution in [3.63, 3.8) is 0 Å². The van der Waals surface area contributed by atoms with E-state index in [2.05, 4.69) is 12.2 Å². The lowest BCUT2D eigenvalue weighted by molar-refractivity contribution is -0.149. The Balaban J connectivity index is 2.56. The second-order valence-corrected chi connectivity index (χ2v) is 7.43. The molecule has 0 heterocycles. The molecule has 0 saturated carbocycles. The molecular formula is C23H38N2O5. The Hall–Kier alpha value is -2.28. The van der Waals surface area contributed by atoms with Gasteiger partial charge in [0.05, 0.1) is 6.54 Å². The lowest BCUT2D eigenvalue weighted by Crippen LogP contribution is -2.45. The highest BCUT2D eigenvalue weighted by atomic mass is 16.5. The third kappa shape index (κ3) is 9.96. The van der Waals surface area contributed by atoms with Gasteiger partial charge in [0.25, 0.3) is 0 Å². The van der Waals surface area contributed by atoms with Crippen molar-refractivity contribution >= 4 is 12.0 Å². The third-order valence-electron chi connectivity index (χ3n) is 4.92. The summed E-state index contributed by atoms with van der Waals surface area (Å²) in [5, 5.41) is 12.2. The zero-order chi connectivity index (χ0) is 22.4. The molecule has 0 aliphatic rings. The molecule has 0 radical (unpaired) electrons. The molecule has 0 aliphatic heterocycles. The fraction of sp³-hybridized carbons (Fsp3) is 0.652. The van der Waals surface area contributed by atoms with Crippen LogP contribution in [0, 0.1) is 0 Å². The van der Waals surface area contributed by atoms with Crippen molar-refractivity contribution in [1.82, 2.24) is 10.2 Å². The summed E-state index contributed by atoms with van der Waals surface area (Å²) >= 11 is 0. The van der Waals surface area contributed by atoms with Gasteiger partial charge in [-0.1, -0.05) is 38.8 Å². The van der Waals surface area contributed by atoms with Crippen LogP contribution in [0.15, 0.2) is 24.3 Å². The van der Waals surface area contributed by atoms with Crippen LogP contribution in [0.2, 0.25) is 0 Å². The van der Waals surface area contributed by atoms with Crippen LogP contribution >= 0.6 is 0 Å². The Bertz CT molecular complexity index is 621. The molecule has 1 aromatic carbocycles. The van der Waals surface area contributed by atoms with E-state index in [1.807, 2.05) is 43.0 Å². The summed E-state index contributed by atoms with van der Waals surface area (Å²) in [5.41, 5.74) is 0.873. The second kappa shape index (κ2) is 14.7. The van der Waals surface area contributed by atoms with E-state index in [0.717, 1.165) is 31.2 Å². The highest BCUT2D eigenvalue weighted by Crippen LogP contribution is 2.15. The Morgan fingerprint density at radius 1 is 1.10 bits per heavy atom. The number of hydrogen-bond acceptors (Lipinski definition) is 4. The van der Waals surface area contributed by atoms with Gasteiger partial charge in [-0.15, -0.1) is 0 Å². The number of ether oxygens (including phenoxy) is 2. The van der Waals surface area contributed by atoms with E-state index >= 15 is 0 Å². The zero-order valence-electron chi connectivity index (χ0n) is 18.9. The summed E-state index contributed by atoms with van der Waals surface area (Å²) in [6.45, 7) is 9.96. The normalized spacial score (nSPS) is 12.8. The van der Waals surface area contributed by atoms with E-state index < -0.39 is 12.1 Å². The van der Waals surface area contributed by atoms with Crippen LogP contribution in [0.5, 0.6) is 5.75 Å². The van der Waals surface area contributed by atoms with Crippen LogP contribution in [0.4, 0.5) is 4.79 Å². The number of nitrogens with zero attached hydrogens (tertiary/aromatic N) is 1. The van der Waals surface area contributed by atoms with Crippen molar-refractivity contribution in [2.24, 2.45) is 0 Å². The maximum absolute atomic E-state index is 12.5. The van der Waals surface area contributed by atoms with Gasteiger partial charge in [-0.2, -0.15) is 0 Å². The average Bonchev–Trinajstić information content (AvgIpc) is 2.73. The first-order chi connectivity index (χ1) is 14.4. The molecular weight excluding hydrogens is 384 g/mol. The summed E-state index contributed by atoms with van der Waals surface area (Å²) < 4.78 is 11.1. The SMILES string of the molecule is CCCCCN(CCOc1ccc(CC(OCC)C(=O)O)cc1)C(=O)NC(C)CC. The number of nitrogens with one attached hydrogen (secondary N) is 1. The van der Waals surface area contributed by atoms with Crippen molar-refractivity contribution in [3.8, 4) is 5.75 Å². The van der Waals surface area contributed by atoms with E-state index in [4.69, 9.17) is 9.47 Å². The van der Waals surface area contributed by atoms with Crippen molar-refractivity contribution < 1.29 is 24.2 Å². The molecule has 7 nitrogen and oxygen atoms in total. The van der Waals surface area contributed by atoms with Crippen LogP contribution in [-0.2, 0) is 16.0 Å². The molecule has 0 fully saturated rings. The molecule has 0 saturated heterocycles. The minimum atomic E-state index is -0.962. The van der Waals surface area contributed by atoms with E-state index in [1.165, 1.54) is 0 Å². The Kier molecular flexibility index (Phi) is 12.6. The van der Waals surface area contributed by atoms with E-state index in [9.17, 15) is 14.7 Å². The minimum Gasteiger partial charge on any atom is -0.492 e. The molecule has 1 aromatic rings. The molecule has 0 bridgehead atoms. The van der Waals surface area contributed by atoms with Crippen molar-refractivity contribution in [2.45, 2.75) is 71.9 Å². The number of amides is 2. The van der Waals surface area contributed by atoms with Gasteiger partial charge in [-0.3, -0.25) is 0 Å². The van der Waals surface area contributed by atoms with Gasteiger partial charge in [-0.05, 0) is 44.4 Å². The van der Waals surface area contributed by atoms with Crippen molar-refractivity contribution in [3.05, 3.63) is 29.8 Å². The molecule has 2 unspecified atom stereocenters. The van der Waals surface area contributed by atoms with Gasteiger partial charge in [0, 0.05) is 25.6 Å². The quantitative estimate of drug-likeness (QED) is 0.416. The lowest BCUT2D eigenvalue weighted by Gasteiger charge is -2.25. The number of unbranched alkanes of at least 4 members (excludes halogenated alkanes) is 2. The highest BCUT2D eigenvalue weighted by molar-refractivity contribution is 5.74. The molecule has 170 valence electrons. The number of urea groups is 1. The standard InChI is InChI=1S/C23H38N2O5/c1-5-8-9-14-25(23(28)24-18(4)6-2)15-16-30-20-12-10-19(11-13-20)17-21(22(26)27)29-7-3/h10-13,18,21H,5-9,14-17H2,1-4H3,(H,24,28)(H,26,27). The third-order valence-corrected chi connectivity index (χ3v) is 4.92. The summed E-state index contributed by atoms with van der Waals surface area (Å²) in [6.07, 6.45) is 3.53. The van der Waals surface area contributed by atoms with E-state index in [0.29, 0.717) is 38.5 Å². The highest BCUT2D eigenvalue weighted by Gasteiger charge is 2.18. The summed E-state index contributed by atoms with van der Waals surface area (Å²) in [7, 11) is 0. The topological polar surface area (TPSA) is 88.1 Å². The summed E-state index contributed by atoms with van der Waals surface area (Å²) in [6, 6.07) is 7.43. The van der Waals surface area contributed by atoms with Crippen molar-refractivity contribution in [2.75, 3.05) is 26.3 Å². The molecule has 2 amide bonds. The molecule has 0 aromatic heterocycles. The number of carbonyl (C=O) groups is 2. The Morgan fingerprint density at radius 3 is 2.37 bits per heavy atom. The predicted molar refractivity (Wildman–Crippen MR) is 118 cm³/mol. The van der Waals surface area contributed by atoms with Crippen LogP contribution in [0.3, 0.4) is 0 Å². The molecule has 7 heteroatoms. The van der Waals surface area contributed by atoms with Crippen LogP contribution < -0.4 is 10.1 Å². The Labute approximate surface area is 180 Å². The first kappa shape index (κ1) is 25.8. The number of hydrogen-bond donors (Lipinski definition) is 2. The van der Waals surface area contributed by atoms with E-state index in [-0.39, 0.29) is 12.1 Å². The van der Waals surface area contributed by atoms with Gasteiger partial charge in [0.1, 0.15) is 12.4 Å². The van der Waals surface area contributed by atoms with Gasteiger partial charge >= 0.3 is 12.0 Å². The molecule has 0 spiro atoms. The smallest absolute Gasteiger partial charge is 0.333 e. The average molecular weight is 423 g/mol. The van der Waals surface area contributed by atoms with Gasteiger partial charge in [0.2, 0.25) is 0 Å². The van der Waals surface area contributed by atoms with Gasteiger partial charge in [0.15, 0.2) is 6.10 Å². The maximum Gasteiger partial charge on any atom is 0.333 e. The fourth-order valence-corrected chi connectivity index (χ4v) is 2.90. The fourth-order valence-electron chi connectivity index (χ4n) is 2.90. The molecule has 2 N–H and O–H groups in total. The predicted octanol–water partition coefficient (Wildman–Crippen LogP) is 4.10. The molecule has 2 atom stereocenters. The minimum absolute atomic E-state index is 0.0463.